The number of nitrogens with zero attached hydrogens (tertiary/aromatic N) is 3. The van der Waals surface area contributed by atoms with Crippen molar-refractivity contribution in [3.05, 3.63) is 42.0 Å². The summed E-state index contributed by atoms with van der Waals surface area (Å²) < 4.78 is 5.64. The van der Waals surface area contributed by atoms with Crippen molar-refractivity contribution in [3.8, 4) is 16.9 Å². The van der Waals surface area contributed by atoms with E-state index in [2.05, 4.69) is 78.6 Å². The van der Waals surface area contributed by atoms with Gasteiger partial charge >= 0.3 is 0 Å². The van der Waals surface area contributed by atoms with Gasteiger partial charge in [0.25, 0.3) is 0 Å². The summed E-state index contributed by atoms with van der Waals surface area (Å²) in [6.45, 7) is 6.68. The van der Waals surface area contributed by atoms with E-state index in [1.165, 1.54) is 5.56 Å². The van der Waals surface area contributed by atoms with E-state index in [1.54, 1.807) is 7.11 Å². The van der Waals surface area contributed by atoms with Crippen LogP contribution in [0.2, 0.25) is 0 Å². The van der Waals surface area contributed by atoms with Gasteiger partial charge < -0.3 is 9.64 Å². The van der Waals surface area contributed by atoms with E-state index < -0.39 is 0 Å². The van der Waals surface area contributed by atoms with Gasteiger partial charge in [-0.2, -0.15) is 5.10 Å². The normalized spacial score (nSPS) is 16.3. The van der Waals surface area contributed by atoms with Gasteiger partial charge in [-0.25, -0.2) is 4.99 Å². The first-order valence-corrected chi connectivity index (χ1v) is 10.4. The smallest absolute Gasteiger partial charge is 0.181 e. The van der Waals surface area contributed by atoms with Gasteiger partial charge in [-0.05, 0) is 80.2 Å². The molecular weight excluding hydrogens is 360 g/mol. The zero-order chi connectivity index (χ0) is 20.4. The lowest BCUT2D eigenvalue weighted by Gasteiger charge is -2.26. The Hall–Kier alpha value is -2.66. The van der Waals surface area contributed by atoms with Gasteiger partial charge in [0, 0.05) is 17.2 Å². The number of nitrogens with one attached hydrogen (secondary N) is 1. The number of H-pyrrole nitrogens is 1. The highest BCUT2D eigenvalue weighted by molar-refractivity contribution is 5.93. The van der Waals surface area contributed by atoms with Gasteiger partial charge in [-0.15, -0.1) is 0 Å². The van der Waals surface area contributed by atoms with Gasteiger partial charge in [0.1, 0.15) is 5.75 Å². The number of aromatic nitrogens is 2. The Labute approximate surface area is 172 Å². The molecule has 1 aliphatic rings. The summed E-state index contributed by atoms with van der Waals surface area (Å²) in [7, 11) is 3.90. The molecule has 5 heteroatoms. The third-order valence-corrected chi connectivity index (χ3v) is 5.91. The third kappa shape index (κ3) is 4.20. The minimum Gasteiger partial charge on any atom is -0.496 e. The summed E-state index contributed by atoms with van der Waals surface area (Å²) in [5.41, 5.74) is 4.53. The summed E-state index contributed by atoms with van der Waals surface area (Å²) in [5.74, 6) is 2.64. The summed E-state index contributed by atoms with van der Waals surface area (Å²) in [5, 5.41) is 8.61. The molecule has 1 aromatic heterocycles. The second-order valence-electron chi connectivity index (χ2n) is 8.34. The number of piperidine rings is 1. The van der Waals surface area contributed by atoms with Crippen LogP contribution in [0.4, 0.5) is 5.82 Å². The minimum atomic E-state index is 0.465. The molecule has 1 saturated heterocycles. The molecule has 0 spiro atoms. The summed E-state index contributed by atoms with van der Waals surface area (Å²) in [6, 6.07) is 12.8. The number of aromatic amines is 1. The summed E-state index contributed by atoms with van der Waals surface area (Å²) in [6.07, 6.45) is 4.41. The fourth-order valence-electron chi connectivity index (χ4n) is 3.93. The van der Waals surface area contributed by atoms with Crippen molar-refractivity contribution in [2.45, 2.75) is 32.6 Å². The number of ether oxygens (including phenoxy) is 1. The predicted molar refractivity (Wildman–Crippen MR) is 121 cm³/mol. The Kier molecular flexibility index (Phi) is 5.67. The molecule has 1 N–H and O–H groups in total. The molecule has 0 unspecified atom stereocenters. The Morgan fingerprint density at radius 2 is 1.97 bits per heavy atom. The number of aliphatic imine (C=N–C) groups is 1. The van der Waals surface area contributed by atoms with Gasteiger partial charge in [0.2, 0.25) is 0 Å². The van der Waals surface area contributed by atoms with Crippen LogP contribution in [0.15, 0.2) is 41.4 Å². The van der Waals surface area contributed by atoms with E-state index >= 15 is 0 Å². The van der Waals surface area contributed by atoms with Crippen LogP contribution in [-0.2, 0) is 0 Å². The van der Waals surface area contributed by atoms with Gasteiger partial charge in [-0.1, -0.05) is 26.0 Å². The van der Waals surface area contributed by atoms with Crippen molar-refractivity contribution in [1.29, 1.82) is 0 Å². The molecule has 0 saturated carbocycles. The number of fused-ring (bicyclic) bond motifs is 1. The molecule has 1 fully saturated rings. The van der Waals surface area contributed by atoms with Crippen LogP contribution in [0, 0.1) is 5.92 Å². The van der Waals surface area contributed by atoms with Crippen molar-refractivity contribution in [2.24, 2.45) is 10.9 Å². The van der Waals surface area contributed by atoms with Crippen LogP contribution in [0.25, 0.3) is 22.0 Å². The lowest BCUT2D eigenvalue weighted by molar-refractivity contribution is 0.254. The van der Waals surface area contributed by atoms with Crippen molar-refractivity contribution >= 4 is 22.9 Å². The quantitative estimate of drug-likeness (QED) is 0.593. The zero-order valence-corrected chi connectivity index (χ0v) is 17.8. The van der Waals surface area contributed by atoms with Crippen molar-refractivity contribution in [2.75, 3.05) is 27.2 Å². The van der Waals surface area contributed by atoms with Crippen LogP contribution >= 0.6 is 0 Å². The van der Waals surface area contributed by atoms with E-state index in [4.69, 9.17) is 9.73 Å². The standard InChI is InChI=1S/C24H30N4O/c1-16(2)18-6-8-23(29-4)20(13-18)19-5-7-22-21(14-19)24(27-26-22)25-15-17-9-11-28(3)12-10-17/h5-8,13-17H,9-12H2,1-4H3,(H,26,27)/b25-15+. The summed E-state index contributed by atoms with van der Waals surface area (Å²) >= 11 is 0. The molecule has 2 heterocycles. The van der Waals surface area contributed by atoms with Crippen molar-refractivity contribution < 1.29 is 4.74 Å². The molecule has 0 atom stereocenters. The van der Waals surface area contributed by atoms with E-state index in [-0.39, 0.29) is 0 Å². The minimum absolute atomic E-state index is 0.465. The lowest BCUT2D eigenvalue weighted by atomic mass is 9.96. The number of rotatable bonds is 5. The molecule has 152 valence electrons. The largest absolute Gasteiger partial charge is 0.496 e. The third-order valence-electron chi connectivity index (χ3n) is 5.91. The average molecular weight is 391 g/mol. The molecule has 0 amide bonds. The second kappa shape index (κ2) is 8.37. The van der Waals surface area contributed by atoms with E-state index in [9.17, 15) is 0 Å². The zero-order valence-electron chi connectivity index (χ0n) is 17.8. The first kappa shape index (κ1) is 19.6. The van der Waals surface area contributed by atoms with E-state index in [0.29, 0.717) is 11.8 Å². The van der Waals surface area contributed by atoms with Gasteiger partial charge in [-0.3, -0.25) is 5.10 Å². The number of likely N-dealkylation sites (tertiary alicyclic amines) is 1. The maximum Gasteiger partial charge on any atom is 0.181 e. The maximum atomic E-state index is 5.64. The molecule has 1 aliphatic heterocycles. The number of benzene rings is 2. The SMILES string of the molecule is COc1ccc(C(C)C)cc1-c1ccc2[nH]nc(/N=C/C3CCN(C)CC3)c2c1. The molecule has 3 aromatic rings. The highest BCUT2D eigenvalue weighted by atomic mass is 16.5. The van der Waals surface area contributed by atoms with Crippen LogP contribution in [-0.4, -0.2) is 48.6 Å². The van der Waals surface area contributed by atoms with Crippen molar-refractivity contribution in [1.82, 2.24) is 15.1 Å². The fraction of sp³-hybridized carbons (Fsp3) is 0.417. The number of methoxy groups -OCH3 is 1. The predicted octanol–water partition coefficient (Wildman–Crippen LogP) is 5.41. The molecule has 0 radical (unpaired) electrons. The van der Waals surface area contributed by atoms with Gasteiger partial charge in [0.15, 0.2) is 5.82 Å². The number of hydrogen-bond donors (Lipinski definition) is 1. The first-order valence-electron chi connectivity index (χ1n) is 10.4. The Balaban J connectivity index is 1.68. The molecule has 2 aromatic carbocycles. The van der Waals surface area contributed by atoms with E-state index in [1.807, 2.05) is 0 Å². The van der Waals surface area contributed by atoms with Crippen LogP contribution in [0.1, 0.15) is 38.2 Å². The Morgan fingerprint density at radius 1 is 1.17 bits per heavy atom. The second-order valence-corrected chi connectivity index (χ2v) is 8.34. The lowest BCUT2D eigenvalue weighted by Crippen LogP contribution is -2.30. The number of hydrogen-bond acceptors (Lipinski definition) is 4. The van der Waals surface area contributed by atoms with Crippen LogP contribution in [0.5, 0.6) is 5.75 Å². The summed E-state index contributed by atoms with van der Waals surface area (Å²) in [4.78, 5) is 7.12. The highest BCUT2D eigenvalue weighted by Gasteiger charge is 2.16. The molecular formula is C24H30N4O. The highest BCUT2D eigenvalue weighted by Crippen LogP contribution is 2.36. The fourth-order valence-corrected chi connectivity index (χ4v) is 3.93. The molecule has 4 rings (SSSR count). The monoisotopic (exact) mass is 390 g/mol. The van der Waals surface area contributed by atoms with E-state index in [0.717, 1.165) is 59.5 Å². The molecule has 29 heavy (non-hydrogen) atoms. The topological polar surface area (TPSA) is 53.5 Å². The van der Waals surface area contributed by atoms with Crippen molar-refractivity contribution in [3.63, 3.8) is 0 Å². The molecule has 0 bridgehead atoms. The first-order chi connectivity index (χ1) is 14.0. The maximum absolute atomic E-state index is 5.64. The molecule has 5 nitrogen and oxygen atoms in total. The Morgan fingerprint density at radius 3 is 2.69 bits per heavy atom. The molecule has 0 aliphatic carbocycles. The van der Waals surface area contributed by atoms with Crippen LogP contribution in [0.3, 0.4) is 0 Å². The van der Waals surface area contributed by atoms with Crippen LogP contribution < -0.4 is 4.74 Å². The average Bonchev–Trinajstić information content (AvgIpc) is 3.15. The Bertz CT molecular complexity index is 1010. The van der Waals surface area contributed by atoms with Gasteiger partial charge in [0.05, 0.1) is 12.6 Å².